The Labute approximate surface area is 224 Å². The van der Waals surface area contributed by atoms with Crippen LogP contribution in [0.5, 0.6) is 0 Å². The standard InChI is InChI=1S/C27H29F3N6O2S/c1-14(2)36-26-18(15-7-9-16(31)10-8-15)13-33-27(32)24(26)25(34-36)17-11-21(30)22(12-20(17)29)35-39(37,38)23-6-4-3-5-19(23)28/h3-6,11-16,35H,7-10,31H2,1-2H3,(H2,32,33)/t15-,16-. The molecule has 2 aromatic carbocycles. The second-order valence-electron chi connectivity index (χ2n) is 10.2. The van der Waals surface area contributed by atoms with Gasteiger partial charge in [0, 0.05) is 29.9 Å². The Kier molecular flexibility index (Phi) is 7.02. The molecule has 4 aromatic rings. The summed E-state index contributed by atoms with van der Waals surface area (Å²) >= 11 is 0. The van der Waals surface area contributed by atoms with Gasteiger partial charge < -0.3 is 11.5 Å². The third-order valence-electron chi connectivity index (χ3n) is 7.17. The lowest BCUT2D eigenvalue weighted by molar-refractivity contribution is 0.395. The molecule has 5 rings (SSSR count). The van der Waals surface area contributed by atoms with E-state index in [4.69, 9.17) is 11.5 Å². The van der Waals surface area contributed by atoms with Gasteiger partial charge in [-0.15, -0.1) is 0 Å². The zero-order chi connectivity index (χ0) is 28.1. The molecule has 0 atom stereocenters. The summed E-state index contributed by atoms with van der Waals surface area (Å²) in [6.45, 7) is 3.84. The molecule has 5 N–H and O–H groups in total. The summed E-state index contributed by atoms with van der Waals surface area (Å²) < 4.78 is 73.9. The summed E-state index contributed by atoms with van der Waals surface area (Å²) in [7, 11) is -4.52. The lowest BCUT2D eigenvalue weighted by Gasteiger charge is -2.27. The first-order valence-electron chi connectivity index (χ1n) is 12.7. The third-order valence-corrected chi connectivity index (χ3v) is 8.56. The van der Waals surface area contributed by atoms with Crippen LogP contribution in [0, 0.1) is 17.5 Å². The van der Waals surface area contributed by atoms with E-state index in [9.17, 15) is 12.8 Å². The van der Waals surface area contributed by atoms with Crippen molar-refractivity contribution in [3.63, 3.8) is 0 Å². The molecule has 0 aliphatic heterocycles. The lowest BCUT2D eigenvalue weighted by Crippen LogP contribution is -2.26. The number of pyridine rings is 1. The highest BCUT2D eigenvalue weighted by molar-refractivity contribution is 7.92. The highest BCUT2D eigenvalue weighted by Gasteiger charge is 2.29. The Bertz CT molecular complexity index is 1660. The van der Waals surface area contributed by atoms with Crippen molar-refractivity contribution in [1.29, 1.82) is 0 Å². The Morgan fingerprint density at radius 3 is 2.38 bits per heavy atom. The third kappa shape index (κ3) is 4.94. The number of halogens is 3. The van der Waals surface area contributed by atoms with E-state index in [1.807, 2.05) is 18.6 Å². The van der Waals surface area contributed by atoms with E-state index >= 15 is 8.78 Å². The maximum absolute atomic E-state index is 15.5. The molecule has 0 radical (unpaired) electrons. The average Bonchev–Trinajstić information content (AvgIpc) is 3.29. The van der Waals surface area contributed by atoms with E-state index in [1.165, 1.54) is 12.1 Å². The maximum atomic E-state index is 15.5. The normalized spacial score (nSPS) is 18.1. The maximum Gasteiger partial charge on any atom is 0.264 e. The van der Waals surface area contributed by atoms with Crippen molar-refractivity contribution in [2.45, 2.75) is 62.4 Å². The number of nitrogens with two attached hydrogens (primary N) is 2. The monoisotopic (exact) mass is 558 g/mol. The van der Waals surface area contributed by atoms with Crippen molar-refractivity contribution < 1.29 is 21.6 Å². The largest absolute Gasteiger partial charge is 0.383 e. The van der Waals surface area contributed by atoms with Crippen molar-refractivity contribution in [2.24, 2.45) is 5.73 Å². The number of anilines is 2. The van der Waals surface area contributed by atoms with E-state index < -0.39 is 38.1 Å². The molecule has 1 fully saturated rings. The van der Waals surface area contributed by atoms with Crippen LogP contribution in [-0.2, 0) is 10.0 Å². The number of nitrogens with zero attached hydrogens (tertiary/aromatic N) is 3. The van der Waals surface area contributed by atoms with Crippen molar-refractivity contribution in [3.05, 3.63) is 65.6 Å². The summed E-state index contributed by atoms with van der Waals surface area (Å²) in [5, 5.41) is 5.03. The first kappa shape index (κ1) is 26.9. The number of hydrogen-bond donors (Lipinski definition) is 3. The zero-order valence-electron chi connectivity index (χ0n) is 21.5. The van der Waals surface area contributed by atoms with Crippen LogP contribution in [0.15, 0.2) is 47.5 Å². The fraction of sp³-hybridized carbons (Fsp3) is 0.333. The SMILES string of the molecule is CC(C)n1nc(-c2cc(F)c(NS(=O)(=O)c3ccccc3F)cc2F)c2c(N)ncc([C@H]3CC[C@H](N)CC3)c21. The van der Waals surface area contributed by atoms with E-state index in [0.29, 0.717) is 17.0 Å². The van der Waals surface area contributed by atoms with Crippen molar-refractivity contribution >= 4 is 32.4 Å². The van der Waals surface area contributed by atoms with Crippen molar-refractivity contribution in [3.8, 4) is 11.3 Å². The van der Waals surface area contributed by atoms with Gasteiger partial charge in [0.05, 0.1) is 16.6 Å². The Morgan fingerprint density at radius 1 is 1.03 bits per heavy atom. The van der Waals surface area contributed by atoms with Gasteiger partial charge >= 0.3 is 0 Å². The highest BCUT2D eigenvalue weighted by Crippen LogP contribution is 2.42. The molecular weight excluding hydrogens is 529 g/mol. The van der Waals surface area contributed by atoms with Crippen LogP contribution < -0.4 is 16.2 Å². The van der Waals surface area contributed by atoms with E-state index in [2.05, 4.69) is 10.1 Å². The predicted molar refractivity (Wildman–Crippen MR) is 144 cm³/mol. The minimum absolute atomic E-state index is 0.0953. The van der Waals surface area contributed by atoms with Crippen LogP contribution in [0.25, 0.3) is 22.2 Å². The first-order valence-corrected chi connectivity index (χ1v) is 14.1. The van der Waals surface area contributed by atoms with Crippen molar-refractivity contribution in [2.75, 3.05) is 10.5 Å². The molecule has 0 amide bonds. The van der Waals surface area contributed by atoms with Gasteiger partial charge in [0.1, 0.15) is 33.9 Å². The number of nitrogen functional groups attached to an aromatic ring is 1. The van der Waals surface area contributed by atoms with Gasteiger partial charge in [-0.1, -0.05) is 12.1 Å². The number of hydrogen-bond acceptors (Lipinski definition) is 6. The minimum Gasteiger partial charge on any atom is -0.383 e. The molecule has 1 aliphatic carbocycles. The van der Waals surface area contributed by atoms with Crippen LogP contribution in [0.1, 0.15) is 57.1 Å². The average molecular weight is 559 g/mol. The van der Waals surface area contributed by atoms with E-state index in [1.54, 1.807) is 10.9 Å². The van der Waals surface area contributed by atoms with Crippen LogP contribution in [-0.4, -0.2) is 29.2 Å². The van der Waals surface area contributed by atoms with Crippen LogP contribution >= 0.6 is 0 Å². The molecule has 1 aliphatic rings. The molecule has 206 valence electrons. The van der Waals surface area contributed by atoms with Crippen LogP contribution in [0.2, 0.25) is 0 Å². The number of aromatic nitrogens is 3. The number of benzene rings is 2. The highest BCUT2D eigenvalue weighted by atomic mass is 32.2. The second-order valence-corrected chi connectivity index (χ2v) is 11.8. The number of nitrogens with one attached hydrogen (secondary N) is 1. The van der Waals surface area contributed by atoms with E-state index in [-0.39, 0.29) is 35.1 Å². The minimum atomic E-state index is -4.52. The van der Waals surface area contributed by atoms with E-state index in [0.717, 1.165) is 49.4 Å². The molecular formula is C27H29F3N6O2S. The Balaban J connectivity index is 1.62. The zero-order valence-corrected chi connectivity index (χ0v) is 22.3. The van der Waals surface area contributed by atoms with Gasteiger partial charge in [-0.05, 0) is 69.2 Å². The molecule has 0 unspecified atom stereocenters. The molecule has 2 aromatic heterocycles. The summed E-state index contributed by atoms with van der Waals surface area (Å²) in [4.78, 5) is 3.68. The molecule has 2 heterocycles. The van der Waals surface area contributed by atoms with Gasteiger partial charge in [-0.3, -0.25) is 9.40 Å². The van der Waals surface area contributed by atoms with Gasteiger partial charge in [0.2, 0.25) is 0 Å². The number of sulfonamides is 1. The summed E-state index contributed by atoms with van der Waals surface area (Å²) in [5.41, 5.74) is 13.2. The summed E-state index contributed by atoms with van der Waals surface area (Å²) in [6, 6.07) is 6.20. The fourth-order valence-corrected chi connectivity index (χ4v) is 6.32. The molecule has 39 heavy (non-hydrogen) atoms. The van der Waals surface area contributed by atoms with Gasteiger partial charge in [0.15, 0.2) is 0 Å². The first-order chi connectivity index (χ1) is 18.5. The molecule has 12 heteroatoms. The van der Waals surface area contributed by atoms with Crippen molar-refractivity contribution in [1.82, 2.24) is 14.8 Å². The molecule has 0 spiro atoms. The molecule has 0 saturated heterocycles. The lowest BCUT2D eigenvalue weighted by atomic mass is 9.82. The Morgan fingerprint density at radius 2 is 1.72 bits per heavy atom. The molecule has 8 nitrogen and oxygen atoms in total. The van der Waals surface area contributed by atoms with Crippen LogP contribution in [0.4, 0.5) is 24.7 Å². The van der Waals surface area contributed by atoms with Gasteiger partial charge in [-0.25, -0.2) is 26.6 Å². The quantitative estimate of drug-likeness (QED) is 0.288. The number of fused-ring (bicyclic) bond motifs is 1. The topological polar surface area (TPSA) is 129 Å². The Hall–Kier alpha value is -3.64. The number of rotatable bonds is 6. The summed E-state index contributed by atoms with van der Waals surface area (Å²) in [6.07, 6.45) is 5.17. The van der Waals surface area contributed by atoms with Gasteiger partial charge in [0.25, 0.3) is 10.0 Å². The second kappa shape index (κ2) is 10.2. The van der Waals surface area contributed by atoms with Gasteiger partial charge in [-0.2, -0.15) is 5.10 Å². The molecule has 1 saturated carbocycles. The summed E-state index contributed by atoms with van der Waals surface area (Å²) in [5.74, 6) is -2.74. The molecule has 0 bridgehead atoms. The smallest absolute Gasteiger partial charge is 0.264 e. The predicted octanol–water partition coefficient (Wildman–Crippen LogP) is 5.46. The fourth-order valence-electron chi connectivity index (χ4n) is 5.18. The van der Waals surface area contributed by atoms with Crippen LogP contribution in [0.3, 0.4) is 0 Å².